The topological polar surface area (TPSA) is 29.5 Å². The molecule has 3 nitrogen and oxygen atoms in total. The first kappa shape index (κ1) is 15.5. The maximum atomic E-state index is 11.3. The molecule has 0 N–H and O–H groups in total. The molecule has 1 aromatic rings. The summed E-state index contributed by atoms with van der Waals surface area (Å²) in [6.07, 6.45) is 6.09. The zero-order valence-corrected chi connectivity index (χ0v) is 13.6. The second-order valence-electron chi connectivity index (χ2n) is 6.93. The first-order valence-electron chi connectivity index (χ1n) is 8.62. The minimum absolute atomic E-state index is 0.217. The maximum Gasteiger partial charge on any atom is 0.219 e. The van der Waals surface area contributed by atoms with E-state index in [-0.39, 0.29) is 5.91 Å². The Morgan fingerprint density at radius 3 is 2.27 bits per heavy atom. The standard InChI is InChI=1S/C19H27NO2/c1-15(21)20-10-8-17(9-11-20)12-16-2-4-18(5-3-16)13-22-14-19-6-7-19/h2-5,17,19H,6-14H2,1H3. The molecule has 2 fully saturated rings. The fourth-order valence-corrected chi connectivity index (χ4v) is 3.18. The Kier molecular flexibility index (Phi) is 5.14. The van der Waals surface area contributed by atoms with Crippen LogP contribution in [0.25, 0.3) is 0 Å². The first-order valence-corrected chi connectivity index (χ1v) is 8.62. The SMILES string of the molecule is CC(=O)N1CCC(Cc2ccc(COCC3CC3)cc2)CC1. The van der Waals surface area contributed by atoms with Crippen molar-refractivity contribution in [2.24, 2.45) is 11.8 Å². The number of carbonyl (C=O) groups excluding carboxylic acids is 1. The summed E-state index contributed by atoms with van der Waals surface area (Å²) in [6.45, 7) is 5.19. The normalized spacial score (nSPS) is 19.4. The Bertz CT molecular complexity index is 485. The van der Waals surface area contributed by atoms with E-state index in [0.29, 0.717) is 5.92 Å². The van der Waals surface area contributed by atoms with Crippen molar-refractivity contribution < 1.29 is 9.53 Å². The average Bonchev–Trinajstić information content (AvgIpc) is 3.34. The van der Waals surface area contributed by atoms with Gasteiger partial charge in [0.25, 0.3) is 0 Å². The number of hydrogen-bond acceptors (Lipinski definition) is 2. The summed E-state index contributed by atoms with van der Waals surface area (Å²) in [5.41, 5.74) is 2.68. The van der Waals surface area contributed by atoms with Gasteiger partial charge in [-0.2, -0.15) is 0 Å². The van der Waals surface area contributed by atoms with Gasteiger partial charge in [-0.1, -0.05) is 24.3 Å². The number of ether oxygens (including phenoxy) is 1. The molecule has 1 amide bonds. The molecule has 1 heterocycles. The minimum Gasteiger partial charge on any atom is -0.376 e. The zero-order chi connectivity index (χ0) is 15.4. The van der Waals surface area contributed by atoms with Crippen LogP contribution in [-0.2, 0) is 22.6 Å². The van der Waals surface area contributed by atoms with Gasteiger partial charge in [-0.05, 0) is 55.1 Å². The second-order valence-corrected chi connectivity index (χ2v) is 6.93. The highest BCUT2D eigenvalue weighted by atomic mass is 16.5. The number of rotatable bonds is 6. The number of piperidine rings is 1. The Hall–Kier alpha value is -1.35. The van der Waals surface area contributed by atoms with E-state index in [9.17, 15) is 4.79 Å². The van der Waals surface area contributed by atoms with Crippen LogP contribution in [0.5, 0.6) is 0 Å². The number of nitrogens with zero attached hydrogens (tertiary/aromatic N) is 1. The van der Waals surface area contributed by atoms with E-state index in [1.807, 2.05) is 4.90 Å². The lowest BCUT2D eigenvalue weighted by Gasteiger charge is -2.31. The number of hydrogen-bond donors (Lipinski definition) is 0. The molecule has 1 saturated carbocycles. The molecule has 120 valence electrons. The molecule has 0 unspecified atom stereocenters. The monoisotopic (exact) mass is 301 g/mol. The zero-order valence-electron chi connectivity index (χ0n) is 13.6. The molecule has 0 aromatic heterocycles. The van der Waals surface area contributed by atoms with Crippen LogP contribution in [0.15, 0.2) is 24.3 Å². The van der Waals surface area contributed by atoms with Gasteiger partial charge in [0.2, 0.25) is 5.91 Å². The van der Waals surface area contributed by atoms with Crippen molar-refractivity contribution >= 4 is 5.91 Å². The fraction of sp³-hybridized carbons (Fsp3) is 0.632. The van der Waals surface area contributed by atoms with Gasteiger partial charge in [-0.3, -0.25) is 4.79 Å². The summed E-state index contributed by atoms with van der Waals surface area (Å²) in [5.74, 6) is 1.77. The number of amides is 1. The maximum absolute atomic E-state index is 11.3. The van der Waals surface area contributed by atoms with Crippen LogP contribution in [0.2, 0.25) is 0 Å². The van der Waals surface area contributed by atoms with Crippen molar-refractivity contribution in [3.63, 3.8) is 0 Å². The molecule has 22 heavy (non-hydrogen) atoms. The van der Waals surface area contributed by atoms with Crippen molar-refractivity contribution in [1.29, 1.82) is 0 Å². The van der Waals surface area contributed by atoms with Crippen molar-refractivity contribution in [1.82, 2.24) is 4.90 Å². The van der Waals surface area contributed by atoms with Gasteiger partial charge in [-0.15, -0.1) is 0 Å². The highest BCUT2D eigenvalue weighted by Gasteiger charge is 2.21. The lowest BCUT2D eigenvalue weighted by atomic mass is 9.90. The van der Waals surface area contributed by atoms with Gasteiger partial charge in [0, 0.05) is 26.6 Å². The molecule has 3 rings (SSSR count). The fourth-order valence-electron chi connectivity index (χ4n) is 3.18. The van der Waals surface area contributed by atoms with Crippen molar-refractivity contribution in [3.05, 3.63) is 35.4 Å². The van der Waals surface area contributed by atoms with Crippen molar-refractivity contribution in [3.8, 4) is 0 Å². The van der Waals surface area contributed by atoms with E-state index in [1.54, 1.807) is 6.92 Å². The van der Waals surface area contributed by atoms with E-state index in [0.717, 1.165) is 51.5 Å². The van der Waals surface area contributed by atoms with Crippen LogP contribution < -0.4 is 0 Å². The van der Waals surface area contributed by atoms with Gasteiger partial charge < -0.3 is 9.64 Å². The van der Waals surface area contributed by atoms with Gasteiger partial charge in [0.15, 0.2) is 0 Å². The summed E-state index contributed by atoms with van der Waals surface area (Å²) in [7, 11) is 0. The van der Waals surface area contributed by atoms with Crippen LogP contribution >= 0.6 is 0 Å². The smallest absolute Gasteiger partial charge is 0.219 e. The third kappa shape index (κ3) is 4.57. The summed E-state index contributed by atoms with van der Waals surface area (Å²) >= 11 is 0. The highest BCUT2D eigenvalue weighted by Crippen LogP contribution is 2.29. The average molecular weight is 301 g/mol. The summed E-state index contributed by atoms with van der Waals surface area (Å²) < 4.78 is 5.73. The minimum atomic E-state index is 0.217. The summed E-state index contributed by atoms with van der Waals surface area (Å²) in [6, 6.07) is 8.89. The highest BCUT2D eigenvalue weighted by molar-refractivity contribution is 5.73. The lowest BCUT2D eigenvalue weighted by molar-refractivity contribution is -0.130. The van der Waals surface area contributed by atoms with Gasteiger partial charge in [0.1, 0.15) is 0 Å². The van der Waals surface area contributed by atoms with E-state index in [4.69, 9.17) is 4.74 Å². The second kappa shape index (κ2) is 7.28. The Morgan fingerprint density at radius 2 is 1.68 bits per heavy atom. The molecule has 0 spiro atoms. The first-order chi connectivity index (χ1) is 10.7. The Labute approximate surface area is 133 Å². The number of likely N-dealkylation sites (tertiary alicyclic amines) is 1. The third-order valence-electron chi connectivity index (χ3n) is 4.93. The van der Waals surface area contributed by atoms with Crippen LogP contribution in [-0.4, -0.2) is 30.5 Å². The largest absolute Gasteiger partial charge is 0.376 e. The van der Waals surface area contributed by atoms with E-state index in [1.165, 1.54) is 24.0 Å². The van der Waals surface area contributed by atoms with Crippen LogP contribution in [0.4, 0.5) is 0 Å². The number of carbonyl (C=O) groups is 1. The molecule has 0 atom stereocenters. The third-order valence-corrected chi connectivity index (χ3v) is 4.93. The summed E-state index contributed by atoms with van der Waals surface area (Å²) in [4.78, 5) is 13.3. The number of benzene rings is 1. The molecular weight excluding hydrogens is 274 g/mol. The lowest BCUT2D eigenvalue weighted by Crippen LogP contribution is -2.37. The molecule has 1 aliphatic heterocycles. The molecule has 3 heteroatoms. The van der Waals surface area contributed by atoms with E-state index < -0.39 is 0 Å². The quantitative estimate of drug-likeness (QED) is 0.806. The predicted octanol–water partition coefficient (Wildman–Crippen LogP) is 3.41. The predicted molar refractivity (Wildman–Crippen MR) is 87.5 cm³/mol. The van der Waals surface area contributed by atoms with E-state index in [2.05, 4.69) is 24.3 Å². The summed E-state index contributed by atoms with van der Waals surface area (Å²) in [5, 5.41) is 0. The van der Waals surface area contributed by atoms with Crippen LogP contribution in [0.1, 0.15) is 43.7 Å². The molecule has 1 saturated heterocycles. The van der Waals surface area contributed by atoms with Crippen molar-refractivity contribution in [2.45, 2.75) is 45.6 Å². The molecule has 1 aliphatic carbocycles. The van der Waals surface area contributed by atoms with Gasteiger partial charge in [-0.25, -0.2) is 0 Å². The van der Waals surface area contributed by atoms with E-state index >= 15 is 0 Å². The Balaban J connectivity index is 1.41. The van der Waals surface area contributed by atoms with Crippen molar-refractivity contribution in [2.75, 3.05) is 19.7 Å². The molecular formula is C19H27NO2. The Morgan fingerprint density at radius 1 is 1.05 bits per heavy atom. The van der Waals surface area contributed by atoms with Crippen LogP contribution in [0.3, 0.4) is 0 Å². The molecule has 0 radical (unpaired) electrons. The van der Waals surface area contributed by atoms with Gasteiger partial charge >= 0.3 is 0 Å². The van der Waals surface area contributed by atoms with Crippen LogP contribution in [0, 0.1) is 11.8 Å². The molecule has 2 aliphatic rings. The molecule has 0 bridgehead atoms. The molecule has 1 aromatic carbocycles. The van der Waals surface area contributed by atoms with Gasteiger partial charge in [0.05, 0.1) is 6.61 Å².